The Morgan fingerprint density at radius 3 is 2.67 bits per heavy atom. The number of rotatable bonds is 12. The molecule has 0 amide bonds. The zero-order valence-corrected chi connectivity index (χ0v) is 24.1. The van der Waals surface area contributed by atoms with Gasteiger partial charge in [0.2, 0.25) is 0 Å². The summed E-state index contributed by atoms with van der Waals surface area (Å²) in [5, 5.41) is 10.5. The van der Waals surface area contributed by atoms with E-state index in [1.807, 2.05) is 12.1 Å². The minimum absolute atomic E-state index is 0.132. The Morgan fingerprint density at radius 2 is 1.93 bits per heavy atom. The average Bonchev–Trinajstić information content (AvgIpc) is 3.53. The van der Waals surface area contributed by atoms with E-state index in [4.69, 9.17) is 9.72 Å². The molecule has 6 nitrogen and oxygen atoms in total. The summed E-state index contributed by atoms with van der Waals surface area (Å²) in [7, 11) is 0. The monoisotopic (exact) mass is 576 g/mol. The fourth-order valence-electron chi connectivity index (χ4n) is 8.98. The number of hydrogen-bond acceptors (Lipinski definition) is 6. The summed E-state index contributed by atoms with van der Waals surface area (Å²) in [6.45, 7) is -1.21. The molecule has 2 heterocycles. The second-order valence-corrected chi connectivity index (χ2v) is 14.5. The van der Waals surface area contributed by atoms with Crippen molar-refractivity contribution in [2.45, 2.75) is 112 Å². The maximum Gasteiger partial charge on any atom is 0.345 e. The summed E-state index contributed by atoms with van der Waals surface area (Å²) in [5.74, 6) is 2.33. The molecule has 0 radical (unpaired) electrons. The first-order valence-corrected chi connectivity index (χ1v) is 16.3. The fraction of sp³-hybridized carbons (Fsp3) is 0.774. The van der Waals surface area contributed by atoms with Crippen molar-refractivity contribution in [3.05, 3.63) is 17.7 Å². The molecular formula is C31H42F2N2O4S. The number of ether oxygens (including phenoxy) is 1. The summed E-state index contributed by atoms with van der Waals surface area (Å²) in [5.41, 5.74) is 0.124. The molecule has 0 aromatic carbocycles. The number of nitrogens with zero attached hydrogens (tertiary/aromatic N) is 2. The smallest absolute Gasteiger partial charge is 0.345 e. The van der Waals surface area contributed by atoms with Gasteiger partial charge in [0.1, 0.15) is 10.8 Å². The molecule has 1 aromatic heterocycles. The summed E-state index contributed by atoms with van der Waals surface area (Å²) < 4.78 is 31.2. The van der Waals surface area contributed by atoms with Crippen LogP contribution in [0.4, 0.5) is 14.6 Å². The van der Waals surface area contributed by atoms with Crippen LogP contribution in [-0.2, 0) is 9.53 Å². The van der Waals surface area contributed by atoms with Crippen LogP contribution < -0.4 is 4.90 Å². The van der Waals surface area contributed by atoms with Crippen molar-refractivity contribution in [1.29, 1.82) is 0 Å². The quantitative estimate of drug-likeness (QED) is 0.264. The van der Waals surface area contributed by atoms with Crippen molar-refractivity contribution in [3.63, 3.8) is 0 Å². The molecule has 1 saturated heterocycles. The maximum absolute atomic E-state index is 13.5. The number of alkyl halides is 2. The van der Waals surface area contributed by atoms with Gasteiger partial charge in [0.25, 0.3) is 0 Å². The minimum atomic E-state index is -2.69. The van der Waals surface area contributed by atoms with E-state index in [1.54, 1.807) is 11.8 Å². The predicted molar refractivity (Wildman–Crippen MR) is 150 cm³/mol. The Morgan fingerprint density at radius 1 is 1.12 bits per heavy atom. The Balaban J connectivity index is 1.09. The highest BCUT2D eigenvalue weighted by molar-refractivity contribution is 7.99. The third-order valence-corrected chi connectivity index (χ3v) is 11.9. The number of thioether (sulfide) groups is 1. The lowest BCUT2D eigenvalue weighted by molar-refractivity contribution is -0.224. The van der Waals surface area contributed by atoms with Crippen molar-refractivity contribution >= 4 is 29.3 Å². The highest BCUT2D eigenvalue weighted by Gasteiger charge is 2.61. The van der Waals surface area contributed by atoms with E-state index in [0.717, 1.165) is 80.7 Å². The molecule has 7 rings (SSSR count). The molecule has 5 saturated carbocycles. The van der Waals surface area contributed by atoms with Gasteiger partial charge in [-0.2, -0.15) is 8.78 Å². The molecule has 9 heteroatoms. The Kier molecular flexibility index (Phi) is 8.42. The number of aliphatic carboxylic acids is 1. The normalized spacial score (nSPS) is 33.4. The highest BCUT2D eigenvalue weighted by atomic mass is 32.2. The van der Waals surface area contributed by atoms with Crippen LogP contribution in [0.25, 0.3) is 0 Å². The second-order valence-electron chi connectivity index (χ2n) is 13.2. The molecule has 6 aliphatic rings. The molecular weight excluding hydrogens is 534 g/mol. The number of carbonyl (C=O) groups excluding carboxylic acids is 1. The van der Waals surface area contributed by atoms with E-state index in [2.05, 4.69) is 4.90 Å². The van der Waals surface area contributed by atoms with Gasteiger partial charge < -0.3 is 14.7 Å². The molecule has 5 aliphatic carbocycles. The van der Waals surface area contributed by atoms with Gasteiger partial charge in [0.05, 0.1) is 5.60 Å². The third kappa shape index (κ3) is 6.06. The first-order valence-electron chi connectivity index (χ1n) is 15.4. The fourth-order valence-corrected chi connectivity index (χ4v) is 10.3. The topological polar surface area (TPSA) is 79.7 Å². The Hall–Kier alpha value is -1.74. The van der Waals surface area contributed by atoms with Crippen molar-refractivity contribution in [2.75, 3.05) is 18.0 Å². The maximum atomic E-state index is 13.5. The number of carboxylic acid groups (broad SMARTS) is 1. The van der Waals surface area contributed by atoms with Crippen LogP contribution in [0.2, 0.25) is 0 Å². The van der Waals surface area contributed by atoms with E-state index >= 15 is 0 Å². The van der Waals surface area contributed by atoms with Gasteiger partial charge in [-0.25, -0.2) is 4.98 Å². The summed E-state index contributed by atoms with van der Waals surface area (Å²) in [6.07, 6.45) is 12.8. The zero-order valence-electron chi connectivity index (χ0n) is 23.2. The lowest BCUT2D eigenvalue weighted by Crippen LogP contribution is -2.41. The Bertz CT molecular complexity index is 1100. The number of hydrogen-bond donors (Lipinski definition) is 1. The molecule has 40 heavy (non-hydrogen) atoms. The van der Waals surface area contributed by atoms with Gasteiger partial charge in [-0.15, -0.1) is 11.8 Å². The number of pyridine rings is 1. The van der Waals surface area contributed by atoms with E-state index < -0.39 is 18.2 Å². The van der Waals surface area contributed by atoms with Crippen LogP contribution in [0, 0.1) is 29.6 Å². The van der Waals surface area contributed by atoms with Crippen LogP contribution >= 0.6 is 11.8 Å². The van der Waals surface area contributed by atoms with Gasteiger partial charge in [-0.3, -0.25) is 9.59 Å². The zero-order chi connectivity index (χ0) is 27.9. The molecule has 220 valence electrons. The number of halogens is 2. The van der Waals surface area contributed by atoms with Crippen molar-refractivity contribution in [1.82, 2.24) is 4.98 Å². The molecule has 0 spiro atoms. The van der Waals surface area contributed by atoms with Crippen LogP contribution in [0.5, 0.6) is 0 Å². The van der Waals surface area contributed by atoms with Gasteiger partial charge in [-0.1, -0.05) is 19.3 Å². The predicted octanol–water partition coefficient (Wildman–Crippen LogP) is 7.20. The first kappa shape index (κ1) is 28.4. The number of Topliss-reactive ketones (excluding diaryl/α,β-unsaturated/α-hetero) is 1. The molecule has 4 unspecified atom stereocenters. The number of carbonyl (C=O) groups is 2. The standard InChI is InChI=1S/C31H42F2N2O4S/c32-30(33)39-31-15-20-14-21(16-31)25(17-31)23(20)7-4-8-26(36)24-9-10-27(35-12-11-19(18-35)13-28(37)38)34-29(24)40-22-5-2-1-3-6-22/h9-10,19-23,25,30H,1-8,11-18H2,(H,37,38)/t19-,20?,21?,23?,25?,31-/m0/s1. The Labute approximate surface area is 240 Å². The first-order chi connectivity index (χ1) is 19.3. The molecule has 6 fully saturated rings. The summed E-state index contributed by atoms with van der Waals surface area (Å²) >= 11 is 1.76. The van der Waals surface area contributed by atoms with Crippen LogP contribution in [0.15, 0.2) is 17.2 Å². The lowest BCUT2D eigenvalue weighted by atomic mass is 9.71. The van der Waals surface area contributed by atoms with Crippen LogP contribution in [-0.4, -0.2) is 52.4 Å². The molecule has 4 bridgehead atoms. The number of aromatic nitrogens is 1. The van der Waals surface area contributed by atoms with Gasteiger partial charge >= 0.3 is 12.6 Å². The summed E-state index contributed by atoms with van der Waals surface area (Å²) in [4.78, 5) is 31.9. The van der Waals surface area contributed by atoms with E-state index in [1.165, 1.54) is 19.3 Å². The third-order valence-electron chi connectivity index (χ3n) is 10.6. The van der Waals surface area contributed by atoms with Crippen molar-refractivity contribution in [2.24, 2.45) is 29.6 Å². The number of carboxylic acids is 1. The SMILES string of the molecule is O=C(O)C[C@@H]1CCN(c2ccc(C(=O)CCCC3C4CC5C[C@@](OC(F)F)(C4)CC53)c(SC3CCCCC3)n2)C1. The molecule has 1 aromatic rings. The number of anilines is 1. The second kappa shape index (κ2) is 11.9. The van der Waals surface area contributed by atoms with Crippen LogP contribution in [0.1, 0.15) is 100 Å². The van der Waals surface area contributed by atoms with Crippen molar-refractivity contribution in [3.8, 4) is 0 Å². The largest absolute Gasteiger partial charge is 0.481 e. The molecule has 1 aliphatic heterocycles. The van der Waals surface area contributed by atoms with E-state index in [-0.39, 0.29) is 18.1 Å². The lowest BCUT2D eigenvalue weighted by Gasteiger charge is -2.41. The minimum Gasteiger partial charge on any atom is -0.481 e. The van der Waals surface area contributed by atoms with Gasteiger partial charge in [-0.05, 0) is 99.5 Å². The van der Waals surface area contributed by atoms with Gasteiger partial charge in [0, 0.05) is 36.7 Å². The highest BCUT2D eigenvalue weighted by Crippen LogP contribution is 2.65. The molecule has 6 atom stereocenters. The van der Waals surface area contributed by atoms with Crippen molar-refractivity contribution < 1.29 is 28.2 Å². The average molecular weight is 577 g/mol. The van der Waals surface area contributed by atoms with Crippen LogP contribution in [0.3, 0.4) is 0 Å². The van der Waals surface area contributed by atoms with E-state index in [9.17, 15) is 23.5 Å². The summed E-state index contributed by atoms with van der Waals surface area (Å²) in [6, 6.07) is 3.89. The number of ketones is 1. The van der Waals surface area contributed by atoms with Gasteiger partial charge in [0.15, 0.2) is 5.78 Å². The van der Waals surface area contributed by atoms with E-state index in [0.29, 0.717) is 41.9 Å². The molecule has 1 N–H and O–H groups in total.